The maximum absolute atomic E-state index is 14.5. The summed E-state index contributed by atoms with van der Waals surface area (Å²) in [5, 5.41) is 6.55. The van der Waals surface area contributed by atoms with Gasteiger partial charge in [-0.25, -0.2) is 13.2 Å². The van der Waals surface area contributed by atoms with Crippen molar-refractivity contribution in [2.45, 2.75) is 13.5 Å². The molecule has 7 heteroatoms. The third-order valence-corrected chi connectivity index (χ3v) is 4.53. The molecule has 2 aromatic carbocycles. The molecule has 0 aliphatic rings. The second-order valence-electron chi connectivity index (χ2n) is 6.25. The summed E-state index contributed by atoms with van der Waals surface area (Å²) < 4.78 is 44.1. The topological polar surface area (TPSA) is 50.7 Å². The Hall–Kier alpha value is -3.35. The average molecular weight is 369 g/mol. The van der Waals surface area contributed by atoms with Crippen molar-refractivity contribution < 1.29 is 13.2 Å². The van der Waals surface area contributed by atoms with Crippen LogP contribution in [0.1, 0.15) is 11.1 Å². The van der Waals surface area contributed by atoms with Gasteiger partial charge >= 0.3 is 0 Å². The van der Waals surface area contributed by atoms with Crippen LogP contribution in [0.15, 0.2) is 53.5 Å². The van der Waals surface area contributed by atoms with E-state index < -0.39 is 28.4 Å². The van der Waals surface area contributed by atoms with E-state index in [9.17, 15) is 18.0 Å². The number of nitrogens with one attached hydrogen (secondary N) is 1. The van der Waals surface area contributed by atoms with Crippen molar-refractivity contribution >= 4 is 11.0 Å². The van der Waals surface area contributed by atoms with Gasteiger partial charge in [0.1, 0.15) is 23.0 Å². The van der Waals surface area contributed by atoms with Gasteiger partial charge < -0.3 is 4.57 Å². The first-order valence-corrected chi connectivity index (χ1v) is 8.22. The predicted octanol–water partition coefficient (Wildman–Crippen LogP) is 4.17. The number of pyridine rings is 1. The van der Waals surface area contributed by atoms with Crippen molar-refractivity contribution in [3.63, 3.8) is 0 Å². The highest BCUT2D eigenvalue weighted by atomic mass is 19.1. The van der Waals surface area contributed by atoms with Crippen molar-refractivity contribution in [2.24, 2.45) is 0 Å². The SMILES string of the molecule is Cc1c(-c2c(F)cc(F)cc2F)n(Cc2ccccc2)c2cn[nH]c2c1=O. The van der Waals surface area contributed by atoms with Crippen LogP contribution in [-0.2, 0) is 6.54 Å². The molecule has 0 radical (unpaired) electrons. The molecule has 0 atom stereocenters. The third kappa shape index (κ3) is 2.81. The van der Waals surface area contributed by atoms with Gasteiger partial charge in [-0.15, -0.1) is 0 Å². The van der Waals surface area contributed by atoms with E-state index in [1.54, 1.807) is 4.57 Å². The molecule has 0 bridgehead atoms. The number of hydrogen-bond donors (Lipinski definition) is 1. The van der Waals surface area contributed by atoms with Crippen LogP contribution in [0.25, 0.3) is 22.3 Å². The van der Waals surface area contributed by atoms with Gasteiger partial charge in [0.15, 0.2) is 0 Å². The van der Waals surface area contributed by atoms with Crippen LogP contribution in [0, 0.1) is 24.4 Å². The van der Waals surface area contributed by atoms with Crippen LogP contribution in [-0.4, -0.2) is 14.8 Å². The molecule has 0 aliphatic carbocycles. The number of rotatable bonds is 3. The number of aromatic nitrogens is 3. The van der Waals surface area contributed by atoms with E-state index in [2.05, 4.69) is 10.2 Å². The van der Waals surface area contributed by atoms with Gasteiger partial charge in [0.2, 0.25) is 5.43 Å². The van der Waals surface area contributed by atoms with Crippen molar-refractivity contribution in [3.8, 4) is 11.3 Å². The molecule has 1 N–H and O–H groups in total. The molecule has 0 amide bonds. The van der Waals surface area contributed by atoms with Crippen molar-refractivity contribution in [3.05, 3.63) is 87.5 Å². The average Bonchev–Trinajstić information content (AvgIpc) is 3.12. The van der Waals surface area contributed by atoms with Gasteiger partial charge in [0.25, 0.3) is 0 Å². The molecule has 0 aliphatic heterocycles. The predicted molar refractivity (Wildman–Crippen MR) is 95.9 cm³/mol. The molecule has 4 aromatic rings. The van der Waals surface area contributed by atoms with Crippen LogP contribution in [0.3, 0.4) is 0 Å². The lowest BCUT2D eigenvalue weighted by Gasteiger charge is -2.19. The number of benzene rings is 2. The highest BCUT2D eigenvalue weighted by Gasteiger charge is 2.23. The molecule has 27 heavy (non-hydrogen) atoms. The van der Waals surface area contributed by atoms with E-state index in [0.717, 1.165) is 5.56 Å². The summed E-state index contributed by atoms with van der Waals surface area (Å²) in [6.07, 6.45) is 1.43. The summed E-state index contributed by atoms with van der Waals surface area (Å²) in [7, 11) is 0. The summed E-state index contributed by atoms with van der Waals surface area (Å²) in [5.74, 6) is -3.16. The zero-order valence-corrected chi connectivity index (χ0v) is 14.3. The molecule has 0 spiro atoms. The molecular weight excluding hydrogens is 355 g/mol. The van der Waals surface area contributed by atoms with Crippen LogP contribution >= 0.6 is 0 Å². The lowest BCUT2D eigenvalue weighted by Crippen LogP contribution is -2.17. The van der Waals surface area contributed by atoms with Crippen LogP contribution in [0.4, 0.5) is 13.2 Å². The molecule has 0 fully saturated rings. The molecule has 136 valence electrons. The summed E-state index contributed by atoms with van der Waals surface area (Å²) >= 11 is 0. The maximum Gasteiger partial charge on any atom is 0.210 e. The largest absolute Gasteiger partial charge is 0.333 e. The Morgan fingerprint density at radius 2 is 1.74 bits per heavy atom. The number of H-pyrrole nitrogens is 1. The first kappa shape index (κ1) is 17.1. The smallest absolute Gasteiger partial charge is 0.210 e. The number of aromatic amines is 1. The summed E-state index contributed by atoms with van der Waals surface area (Å²) in [6, 6.07) is 10.5. The normalized spacial score (nSPS) is 11.3. The Balaban J connectivity index is 2.10. The second-order valence-corrected chi connectivity index (χ2v) is 6.25. The highest BCUT2D eigenvalue weighted by Crippen LogP contribution is 2.31. The van der Waals surface area contributed by atoms with Gasteiger partial charge in [-0.2, -0.15) is 5.10 Å². The Labute approximate surface area is 151 Å². The standard InChI is InChI=1S/C20H14F3N3O/c1-11-19(17-14(22)7-13(21)8-15(17)23)26(10-12-5-3-2-4-6-12)16-9-24-25-18(16)20(11)27/h2-9H,10H2,1H3,(H,24,25). The van der Waals surface area contributed by atoms with Crippen molar-refractivity contribution in [1.82, 2.24) is 14.8 Å². The molecule has 0 saturated carbocycles. The van der Waals surface area contributed by atoms with E-state index in [0.29, 0.717) is 17.6 Å². The van der Waals surface area contributed by atoms with Crippen LogP contribution < -0.4 is 5.43 Å². The summed E-state index contributed by atoms with van der Waals surface area (Å²) in [4.78, 5) is 12.7. The molecule has 2 aromatic heterocycles. The lowest BCUT2D eigenvalue weighted by molar-refractivity contribution is 0.546. The fourth-order valence-corrected chi connectivity index (χ4v) is 3.29. The number of fused-ring (bicyclic) bond motifs is 1. The quantitative estimate of drug-likeness (QED) is 0.589. The molecule has 4 rings (SSSR count). The fourth-order valence-electron chi connectivity index (χ4n) is 3.29. The van der Waals surface area contributed by atoms with Gasteiger partial charge in [-0.3, -0.25) is 9.89 Å². The van der Waals surface area contributed by atoms with E-state index in [1.165, 1.54) is 13.1 Å². The van der Waals surface area contributed by atoms with Crippen molar-refractivity contribution in [1.29, 1.82) is 0 Å². The first-order valence-electron chi connectivity index (χ1n) is 8.22. The van der Waals surface area contributed by atoms with Gasteiger partial charge in [0.05, 0.1) is 23.0 Å². The Morgan fingerprint density at radius 3 is 2.41 bits per heavy atom. The Morgan fingerprint density at radius 1 is 1.07 bits per heavy atom. The number of hydrogen-bond acceptors (Lipinski definition) is 2. The molecule has 4 nitrogen and oxygen atoms in total. The van der Waals surface area contributed by atoms with E-state index >= 15 is 0 Å². The zero-order chi connectivity index (χ0) is 19.1. The number of halogens is 3. The molecular formula is C20H14F3N3O. The van der Waals surface area contributed by atoms with E-state index in [-0.39, 0.29) is 23.3 Å². The Bertz CT molecular complexity index is 1190. The minimum absolute atomic E-state index is 0.0627. The molecule has 0 saturated heterocycles. The summed E-state index contributed by atoms with van der Waals surface area (Å²) in [6.45, 7) is 1.74. The van der Waals surface area contributed by atoms with Gasteiger partial charge in [0, 0.05) is 24.2 Å². The van der Waals surface area contributed by atoms with E-state index in [4.69, 9.17) is 0 Å². The summed E-state index contributed by atoms with van der Waals surface area (Å²) in [5.41, 5.74) is 0.879. The minimum Gasteiger partial charge on any atom is -0.333 e. The van der Waals surface area contributed by atoms with E-state index in [1.807, 2.05) is 30.3 Å². The lowest BCUT2D eigenvalue weighted by atomic mass is 10.0. The van der Waals surface area contributed by atoms with Gasteiger partial charge in [-0.1, -0.05) is 30.3 Å². The molecule has 2 heterocycles. The second kappa shape index (κ2) is 6.42. The van der Waals surface area contributed by atoms with Crippen LogP contribution in [0.5, 0.6) is 0 Å². The fraction of sp³-hybridized carbons (Fsp3) is 0.100. The monoisotopic (exact) mass is 369 g/mol. The first-order chi connectivity index (χ1) is 13.0. The third-order valence-electron chi connectivity index (χ3n) is 4.53. The number of nitrogens with zero attached hydrogens (tertiary/aromatic N) is 2. The minimum atomic E-state index is -1.07. The zero-order valence-electron chi connectivity index (χ0n) is 14.3. The van der Waals surface area contributed by atoms with Crippen molar-refractivity contribution in [2.75, 3.05) is 0 Å². The van der Waals surface area contributed by atoms with Crippen LogP contribution in [0.2, 0.25) is 0 Å². The highest BCUT2D eigenvalue weighted by molar-refractivity contribution is 5.81. The van der Waals surface area contributed by atoms with Gasteiger partial charge in [-0.05, 0) is 12.5 Å². The molecule has 0 unspecified atom stereocenters. The maximum atomic E-state index is 14.5. The Kier molecular flexibility index (Phi) is 4.07.